The molecule has 0 aliphatic rings. The van der Waals surface area contributed by atoms with Gasteiger partial charge in [-0.3, -0.25) is 0 Å². The fourth-order valence-electron chi connectivity index (χ4n) is 1.29. The molecule has 0 aliphatic carbocycles. The maximum Gasteiger partial charge on any atom is 0.389 e. The Kier molecular flexibility index (Phi) is 5.68. The molecule has 3 nitrogen and oxygen atoms in total. The van der Waals surface area contributed by atoms with Gasteiger partial charge in [0.25, 0.3) is 0 Å². The average molecular weight is 283 g/mol. The van der Waals surface area contributed by atoms with Crippen LogP contribution in [0.2, 0.25) is 5.02 Å². The van der Waals surface area contributed by atoms with Crippen molar-refractivity contribution in [1.82, 2.24) is 10.3 Å². The molecule has 0 spiro atoms. The summed E-state index contributed by atoms with van der Waals surface area (Å²) in [6, 6.07) is 3.15. The summed E-state index contributed by atoms with van der Waals surface area (Å²) in [7, 11) is 1.74. The summed E-state index contributed by atoms with van der Waals surface area (Å²) < 4.78 is 40.9. The first-order valence-electron chi connectivity index (χ1n) is 5.42. The van der Waals surface area contributed by atoms with Crippen molar-refractivity contribution in [3.05, 3.63) is 22.8 Å². The van der Waals surface area contributed by atoms with Crippen LogP contribution in [0.15, 0.2) is 12.1 Å². The van der Waals surface area contributed by atoms with Crippen LogP contribution in [0.3, 0.4) is 0 Å². The number of rotatable bonds is 6. The molecule has 0 unspecified atom stereocenters. The molecule has 0 fully saturated rings. The zero-order valence-electron chi connectivity index (χ0n) is 9.85. The standard InChI is InChI=1S/C11H14ClF3N2O/c1-16-7-9-8(12)3-4-10(17-9)18-6-2-5-11(13,14)15/h3-4,16H,2,5-7H2,1H3. The van der Waals surface area contributed by atoms with Gasteiger partial charge in [-0.2, -0.15) is 13.2 Å². The molecule has 7 heteroatoms. The number of nitrogens with one attached hydrogen (secondary N) is 1. The molecule has 1 N–H and O–H groups in total. The van der Waals surface area contributed by atoms with Gasteiger partial charge in [0.2, 0.25) is 5.88 Å². The van der Waals surface area contributed by atoms with Crippen LogP contribution in [0.1, 0.15) is 18.5 Å². The first-order chi connectivity index (χ1) is 8.42. The summed E-state index contributed by atoms with van der Waals surface area (Å²) in [6.45, 7) is 0.450. The second-order valence-electron chi connectivity index (χ2n) is 3.68. The molecule has 1 aromatic heterocycles. The van der Waals surface area contributed by atoms with Crippen molar-refractivity contribution in [2.24, 2.45) is 0 Å². The SMILES string of the molecule is CNCc1nc(OCCCC(F)(F)F)ccc1Cl. The van der Waals surface area contributed by atoms with Crippen LogP contribution in [0, 0.1) is 0 Å². The molecule has 0 aromatic carbocycles. The Balaban J connectivity index is 2.45. The third-order valence-corrected chi connectivity index (χ3v) is 2.44. The zero-order valence-corrected chi connectivity index (χ0v) is 10.6. The molecule has 1 heterocycles. The molecule has 0 saturated carbocycles. The van der Waals surface area contributed by atoms with Crippen LogP contribution in [-0.4, -0.2) is 24.8 Å². The molecule has 0 atom stereocenters. The van der Waals surface area contributed by atoms with Gasteiger partial charge in [-0.1, -0.05) is 11.6 Å². The van der Waals surface area contributed by atoms with Crippen molar-refractivity contribution < 1.29 is 17.9 Å². The van der Waals surface area contributed by atoms with Gasteiger partial charge < -0.3 is 10.1 Å². The fourth-order valence-corrected chi connectivity index (χ4v) is 1.46. The molecule has 0 radical (unpaired) electrons. The Morgan fingerprint density at radius 1 is 1.39 bits per heavy atom. The average Bonchev–Trinajstić information content (AvgIpc) is 2.28. The van der Waals surface area contributed by atoms with E-state index in [1.165, 1.54) is 6.07 Å². The Hall–Kier alpha value is -1.01. The summed E-state index contributed by atoms with van der Waals surface area (Å²) in [5.41, 5.74) is 0.604. The van der Waals surface area contributed by atoms with Crippen molar-refractivity contribution in [3.8, 4) is 5.88 Å². The van der Waals surface area contributed by atoms with E-state index < -0.39 is 12.6 Å². The van der Waals surface area contributed by atoms with Crippen LogP contribution in [0.25, 0.3) is 0 Å². The number of ether oxygens (including phenoxy) is 1. The monoisotopic (exact) mass is 282 g/mol. The first kappa shape index (κ1) is 15.0. The van der Waals surface area contributed by atoms with Gasteiger partial charge in [-0.15, -0.1) is 0 Å². The van der Waals surface area contributed by atoms with Gasteiger partial charge in [0.1, 0.15) is 0 Å². The molecule has 102 valence electrons. The number of aromatic nitrogens is 1. The maximum absolute atomic E-state index is 11.9. The predicted molar refractivity (Wildman–Crippen MR) is 62.8 cm³/mol. The van der Waals surface area contributed by atoms with Gasteiger partial charge in [0.15, 0.2) is 0 Å². The fraction of sp³-hybridized carbons (Fsp3) is 0.545. The van der Waals surface area contributed by atoms with E-state index in [0.717, 1.165) is 0 Å². The minimum atomic E-state index is -4.14. The van der Waals surface area contributed by atoms with Gasteiger partial charge in [-0.05, 0) is 19.5 Å². The Morgan fingerprint density at radius 3 is 2.72 bits per heavy atom. The summed E-state index contributed by atoms with van der Waals surface area (Å²) in [5, 5.41) is 3.38. The van der Waals surface area contributed by atoms with E-state index in [1.807, 2.05) is 0 Å². The largest absolute Gasteiger partial charge is 0.478 e. The third-order valence-electron chi connectivity index (χ3n) is 2.09. The molecule has 18 heavy (non-hydrogen) atoms. The highest BCUT2D eigenvalue weighted by Crippen LogP contribution is 2.22. The number of hydrogen-bond acceptors (Lipinski definition) is 3. The lowest BCUT2D eigenvalue weighted by Crippen LogP contribution is -2.11. The topological polar surface area (TPSA) is 34.2 Å². The zero-order chi connectivity index (χ0) is 13.6. The van der Waals surface area contributed by atoms with Crippen LogP contribution < -0.4 is 10.1 Å². The van der Waals surface area contributed by atoms with Crippen LogP contribution in [0.4, 0.5) is 13.2 Å². The molecule has 0 saturated heterocycles. The second-order valence-corrected chi connectivity index (χ2v) is 4.08. The quantitative estimate of drug-likeness (QED) is 0.814. The highest BCUT2D eigenvalue weighted by molar-refractivity contribution is 6.31. The van der Waals surface area contributed by atoms with Gasteiger partial charge in [0, 0.05) is 19.0 Å². The van der Waals surface area contributed by atoms with Crippen LogP contribution >= 0.6 is 11.6 Å². The molecule has 0 aliphatic heterocycles. The molecule has 0 bridgehead atoms. The molecule has 1 rings (SSSR count). The van der Waals surface area contributed by atoms with E-state index >= 15 is 0 Å². The Labute approximate surface area is 108 Å². The highest BCUT2D eigenvalue weighted by Gasteiger charge is 2.26. The predicted octanol–water partition coefficient (Wildman–Crippen LogP) is 3.18. The normalized spacial score (nSPS) is 11.6. The number of hydrogen-bond donors (Lipinski definition) is 1. The number of pyridine rings is 1. The lowest BCUT2D eigenvalue weighted by atomic mass is 10.3. The number of halogens is 4. The van der Waals surface area contributed by atoms with Crippen molar-refractivity contribution in [3.63, 3.8) is 0 Å². The molecule has 0 amide bonds. The first-order valence-corrected chi connectivity index (χ1v) is 5.80. The van der Waals surface area contributed by atoms with E-state index in [-0.39, 0.29) is 18.9 Å². The summed E-state index contributed by atoms with van der Waals surface area (Å²) in [5.74, 6) is 0.284. The second kappa shape index (κ2) is 6.80. The van der Waals surface area contributed by atoms with E-state index in [4.69, 9.17) is 16.3 Å². The minimum Gasteiger partial charge on any atom is -0.478 e. The summed E-state index contributed by atoms with van der Waals surface area (Å²) in [6.07, 6.45) is -5.09. The van der Waals surface area contributed by atoms with Crippen molar-refractivity contribution in [2.75, 3.05) is 13.7 Å². The van der Waals surface area contributed by atoms with Gasteiger partial charge in [-0.25, -0.2) is 4.98 Å². The summed E-state index contributed by atoms with van der Waals surface area (Å²) in [4.78, 5) is 4.10. The van der Waals surface area contributed by atoms with E-state index in [2.05, 4.69) is 10.3 Å². The Morgan fingerprint density at radius 2 is 2.11 bits per heavy atom. The van der Waals surface area contributed by atoms with Crippen molar-refractivity contribution >= 4 is 11.6 Å². The van der Waals surface area contributed by atoms with Gasteiger partial charge in [0.05, 0.1) is 17.3 Å². The van der Waals surface area contributed by atoms with Crippen LogP contribution in [0.5, 0.6) is 5.88 Å². The summed E-state index contributed by atoms with van der Waals surface area (Å²) >= 11 is 5.89. The van der Waals surface area contributed by atoms with Gasteiger partial charge >= 0.3 is 6.18 Å². The molecular formula is C11H14ClF3N2O. The lowest BCUT2D eigenvalue weighted by Gasteiger charge is -2.09. The lowest BCUT2D eigenvalue weighted by molar-refractivity contribution is -0.136. The smallest absolute Gasteiger partial charge is 0.389 e. The van der Waals surface area contributed by atoms with E-state index in [1.54, 1.807) is 13.1 Å². The molecular weight excluding hydrogens is 269 g/mol. The minimum absolute atomic E-state index is 0.0207. The maximum atomic E-state index is 11.9. The molecule has 1 aromatic rings. The van der Waals surface area contributed by atoms with Crippen molar-refractivity contribution in [2.45, 2.75) is 25.6 Å². The van der Waals surface area contributed by atoms with E-state index in [0.29, 0.717) is 17.3 Å². The van der Waals surface area contributed by atoms with Crippen molar-refractivity contribution in [1.29, 1.82) is 0 Å². The third kappa shape index (κ3) is 5.55. The van der Waals surface area contributed by atoms with E-state index in [9.17, 15) is 13.2 Å². The van der Waals surface area contributed by atoms with Crippen LogP contribution in [-0.2, 0) is 6.54 Å². The highest BCUT2D eigenvalue weighted by atomic mass is 35.5. The number of alkyl halides is 3. The Bertz CT molecular complexity index is 385. The number of nitrogens with zero attached hydrogens (tertiary/aromatic N) is 1.